The molecule has 2 aliphatic carbocycles. The van der Waals surface area contributed by atoms with Crippen molar-refractivity contribution in [1.82, 2.24) is 4.98 Å². The minimum atomic E-state index is -0.251. The Labute approximate surface area is 129 Å². The van der Waals surface area contributed by atoms with Crippen LogP contribution in [0.4, 0.5) is 4.39 Å². The number of rotatable bonds is 5. The number of hydrogen-bond donors (Lipinski definition) is 2. The van der Waals surface area contributed by atoms with Gasteiger partial charge in [-0.1, -0.05) is 0 Å². The Balaban J connectivity index is 1.85. The van der Waals surface area contributed by atoms with Crippen molar-refractivity contribution in [2.24, 2.45) is 11.7 Å². The van der Waals surface area contributed by atoms with Crippen molar-refractivity contribution < 1.29 is 9.50 Å². The molecular weight excluding hydrogens is 279 g/mol. The maximum atomic E-state index is 13.2. The van der Waals surface area contributed by atoms with E-state index in [1.807, 2.05) is 0 Å². The van der Waals surface area contributed by atoms with E-state index in [-0.39, 0.29) is 17.8 Å². The smallest absolute Gasteiger partial charge is 0.123 e. The van der Waals surface area contributed by atoms with Crippen LogP contribution in [-0.4, -0.2) is 23.2 Å². The third kappa shape index (κ3) is 1.91. The molecule has 1 saturated carbocycles. The topological polar surface area (TPSA) is 59.1 Å². The number of nitrogens with two attached hydrogens (primary N) is 1. The van der Waals surface area contributed by atoms with Crippen LogP contribution in [0.3, 0.4) is 0 Å². The molecule has 1 unspecified atom stereocenters. The van der Waals surface area contributed by atoms with Gasteiger partial charge in [-0.25, -0.2) is 4.39 Å². The molecule has 1 aromatic carbocycles. The van der Waals surface area contributed by atoms with E-state index in [9.17, 15) is 9.50 Å². The first-order valence-corrected chi connectivity index (χ1v) is 7.82. The van der Waals surface area contributed by atoms with Crippen molar-refractivity contribution in [1.29, 1.82) is 0 Å². The highest BCUT2D eigenvalue weighted by molar-refractivity contribution is 5.78. The molecule has 4 rings (SSSR count). The van der Waals surface area contributed by atoms with Gasteiger partial charge in [-0.05, 0) is 66.8 Å². The fourth-order valence-corrected chi connectivity index (χ4v) is 3.68. The minimum Gasteiger partial charge on any atom is -0.395 e. The predicted octanol–water partition coefficient (Wildman–Crippen LogP) is 2.39. The lowest BCUT2D eigenvalue weighted by Gasteiger charge is -2.11. The first-order chi connectivity index (χ1) is 10.7. The third-order valence-electron chi connectivity index (χ3n) is 4.98. The quantitative estimate of drug-likeness (QED) is 0.891. The number of benzene rings is 1. The van der Waals surface area contributed by atoms with Crippen LogP contribution >= 0.6 is 0 Å². The van der Waals surface area contributed by atoms with Gasteiger partial charge in [0.1, 0.15) is 5.82 Å². The van der Waals surface area contributed by atoms with Gasteiger partial charge in [-0.15, -0.1) is 0 Å². The summed E-state index contributed by atoms with van der Waals surface area (Å²) in [7, 11) is 0. The molecule has 3 nitrogen and oxygen atoms in total. The number of aliphatic hydroxyl groups excluding tert-OH is 1. The summed E-state index contributed by atoms with van der Waals surface area (Å²) in [5.74, 6) is 0.278. The number of pyridine rings is 1. The van der Waals surface area contributed by atoms with E-state index in [1.54, 1.807) is 12.1 Å². The lowest BCUT2D eigenvalue weighted by molar-refractivity contribution is 0.232. The normalized spacial score (nSPS) is 22.5. The lowest BCUT2D eigenvalue weighted by Crippen LogP contribution is -2.16. The van der Waals surface area contributed by atoms with Crippen LogP contribution in [-0.2, 0) is 11.8 Å². The van der Waals surface area contributed by atoms with Gasteiger partial charge < -0.3 is 10.8 Å². The number of aliphatic hydroxyl groups is 1. The van der Waals surface area contributed by atoms with Crippen molar-refractivity contribution in [3.8, 4) is 11.3 Å². The van der Waals surface area contributed by atoms with Crippen molar-refractivity contribution >= 4 is 0 Å². The van der Waals surface area contributed by atoms with Gasteiger partial charge in [0.15, 0.2) is 0 Å². The van der Waals surface area contributed by atoms with E-state index in [0.717, 1.165) is 35.4 Å². The number of halogens is 1. The third-order valence-corrected chi connectivity index (χ3v) is 4.98. The average Bonchev–Trinajstić information content (AvgIpc) is 3.41. The van der Waals surface area contributed by atoms with Gasteiger partial charge in [0, 0.05) is 23.1 Å². The van der Waals surface area contributed by atoms with E-state index in [2.05, 4.69) is 6.07 Å². The van der Waals surface area contributed by atoms with Crippen molar-refractivity contribution in [3.05, 3.63) is 53.0 Å². The number of nitrogens with zero attached hydrogens (tertiary/aromatic N) is 1. The molecule has 114 valence electrons. The van der Waals surface area contributed by atoms with Crippen LogP contribution in [0.15, 0.2) is 30.3 Å². The van der Waals surface area contributed by atoms with Gasteiger partial charge in [0.05, 0.1) is 12.3 Å². The lowest BCUT2D eigenvalue weighted by atomic mass is 9.94. The Morgan fingerprint density at radius 1 is 1.27 bits per heavy atom. The van der Waals surface area contributed by atoms with E-state index in [4.69, 9.17) is 10.7 Å². The average molecular weight is 298 g/mol. The van der Waals surface area contributed by atoms with Gasteiger partial charge in [0.25, 0.3) is 0 Å². The Bertz CT molecular complexity index is 725. The molecule has 0 aliphatic heterocycles. The first kappa shape index (κ1) is 13.9. The molecule has 2 aliphatic rings. The molecule has 0 saturated heterocycles. The number of aromatic nitrogens is 1. The van der Waals surface area contributed by atoms with Crippen molar-refractivity contribution in [2.45, 2.75) is 24.7 Å². The molecule has 0 radical (unpaired) electrons. The summed E-state index contributed by atoms with van der Waals surface area (Å²) in [5.41, 5.74) is 10.6. The molecule has 0 amide bonds. The summed E-state index contributed by atoms with van der Waals surface area (Å²) >= 11 is 0. The Kier molecular flexibility index (Phi) is 3.06. The summed E-state index contributed by atoms with van der Waals surface area (Å²) in [4.78, 5) is 4.75. The van der Waals surface area contributed by atoms with Crippen LogP contribution in [0.2, 0.25) is 0 Å². The van der Waals surface area contributed by atoms with Crippen LogP contribution in [0, 0.1) is 11.7 Å². The number of fused-ring (bicyclic) bond motifs is 1. The Morgan fingerprint density at radius 2 is 2.00 bits per heavy atom. The van der Waals surface area contributed by atoms with E-state index >= 15 is 0 Å². The van der Waals surface area contributed by atoms with Crippen LogP contribution in [0.25, 0.3) is 11.3 Å². The van der Waals surface area contributed by atoms with Crippen LogP contribution in [0.5, 0.6) is 0 Å². The largest absolute Gasteiger partial charge is 0.395 e. The maximum absolute atomic E-state index is 13.2. The molecule has 0 bridgehead atoms. The maximum Gasteiger partial charge on any atom is 0.123 e. The fraction of sp³-hybridized carbons (Fsp3) is 0.389. The zero-order valence-electron chi connectivity index (χ0n) is 12.3. The predicted molar refractivity (Wildman–Crippen MR) is 83.0 cm³/mol. The monoisotopic (exact) mass is 298 g/mol. The van der Waals surface area contributed by atoms with Gasteiger partial charge in [-0.2, -0.15) is 0 Å². The highest BCUT2D eigenvalue weighted by Crippen LogP contribution is 2.64. The summed E-state index contributed by atoms with van der Waals surface area (Å²) in [5, 5.41) is 10.0. The zero-order chi connectivity index (χ0) is 15.3. The highest BCUT2D eigenvalue weighted by Gasteiger charge is 2.61. The fourth-order valence-electron chi connectivity index (χ4n) is 3.68. The van der Waals surface area contributed by atoms with E-state index in [0.29, 0.717) is 18.9 Å². The van der Waals surface area contributed by atoms with Gasteiger partial charge >= 0.3 is 0 Å². The molecular formula is C18H19FN2O. The molecule has 4 heteroatoms. The van der Waals surface area contributed by atoms with E-state index < -0.39 is 0 Å². The van der Waals surface area contributed by atoms with E-state index in [1.165, 1.54) is 17.7 Å². The molecule has 22 heavy (non-hydrogen) atoms. The summed E-state index contributed by atoms with van der Waals surface area (Å²) in [6.07, 6.45) is 3.03. The number of hydrogen-bond acceptors (Lipinski definition) is 3. The Hall–Kier alpha value is -1.78. The summed E-state index contributed by atoms with van der Waals surface area (Å²) < 4.78 is 13.2. The molecule has 1 fully saturated rings. The molecule has 1 atom stereocenters. The zero-order valence-corrected chi connectivity index (χ0v) is 12.3. The Morgan fingerprint density at radius 3 is 2.59 bits per heavy atom. The standard InChI is InChI=1S/C18H19FN2O/c19-13-5-1-11(2-6-13)17-16-15(9-14(21-17)7-8-20)18(16,10-22)12-3-4-12/h1-2,5-6,9,12,22H,3-4,7-8,10,20H2. The minimum absolute atomic E-state index is 0.134. The second kappa shape index (κ2) is 4.86. The first-order valence-electron chi connectivity index (χ1n) is 7.82. The van der Waals surface area contributed by atoms with Crippen molar-refractivity contribution in [3.63, 3.8) is 0 Å². The second-order valence-corrected chi connectivity index (χ2v) is 6.33. The van der Waals surface area contributed by atoms with Crippen molar-refractivity contribution in [2.75, 3.05) is 13.2 Å². The summed E-state index contributed by atoms with van der Waals surface area (Å²) in [6.45, 7) is 0.680. The SMILES string of the molecule is NCCc1cc2c(c(-c3ccc(F)cc3)n1)C2(CO)C1CC1. The van der Waals surface area contributed by atoms with Crippen LogP contribution in [0.1, 0.15) is 29.7 Å². The highest BCUT2D eigenvalue weighted by atomic mass is 19.1. The molecule has 2 aromatic rings. The molecule has 3 N–H and O–H groups in total. The summed E-state index contributed by atoms with van der Waals surface area (Å²) in [6, 6.07) is 8.54. The molecule has 0 spiro atoms. The second-order valence-electron chi connectivity index (χ2n) is 6.33. The molecule has 1 heterocycles. The molecule has 1 aromatic heterocycles. The van der Waals surface area contributed by atoms with Gasteiger partial charge in [-0.3, -0.25) is 4.98 Å². The van der Waals surface area contributed by atoms with Crippen LogP contribution < -0.4 is 5.73 Å². The van der Waals surface area contributed by atoms with Gasteiger partial charge in [0.2, 0.25) is 0 Å².